The van der Waals surface area contributed by atoms with Gasteiger partial charge >= 0.3 is 0 Å². The minimum absolute atomic E-state index is 0.0207. The number of nitrogens with zero attached hydrogens (tertiary/aromatic N) is 3. The fourth-order valence-electron chi connectivity index (χ4n) is 3.83. The third kappa shape index (κ3) is 3.61. The van der Waals surface area contributed by atoms with Gasteiger partial charge in [-0.05, 0) is 41.1 Å². The highest BCUT2D eigenvalue weighted by atomic mass is 32.1. The van der Waals surface area contributed by atoms with E-state index in [4.69, 9.17) is 0 Å². The Balaban J connectivity index is 1.41. The number of carbonyl (C=O) groups is 1. The summed E-state index contributed by atoms with van der Waals surface area (Å²) in [6.07, 6.45) is 2.99. The Bertz CT molecular complexity index is 1120. The first-order chi connectivity index (χ1) is 14.3. The Morgan fingerprint density at radius 2 is 1.93 bits per heavy atom. The number of rotatable bonds is 4. The average molecular weight is 418 g/mol. The standard InChI is InChI=1S/C23H19N3OS2/c27-21(14-17-15-29-23(25-17)19-8-4-5-11-24-19)26-12-9-20-18(10-13-28-20)22(26)16-6-2-1-3-7-16/h1-8,10-11,13,15,22H,9,12,14H2/t22-/m1/s1. The first-order valence-electron chi connectivity index (χ1n) is 9.56. The molecular weight excluding hydrogens is 398 g/mol. The molecule has 6 heteroatoms. The molecule has 144 valence electrons. The smallest absolute Gasteiger partial charge is 0.229 e. The number of thiophene rings is 1. The van der Waals surface area contributed by atoms with Crippen LogP contribution in [0.15, 0.2) is 71.6 Å². The molecule has 0 N–H and O–H groups in total. The van der Waals surface area contributed by atoms with Crippen molar-refractivity contribution in [2.45, 2.75) is 18.9 Å². The molecular formula is C23H19N3OS2. The molecule has 5 rings (SSSR count). The van der Waals surface area contributed by atoms with Gasteiger partial charge in [0.05, 0.1) is 23.9 Å². The van der Waals surface area contributed by atoms with E-state index in [-0.39, 0.29) is 11.9 Å². The van der Waals surface area contributed by atoms with Gasteiger partial charge in [0, 0.05) is 23.0 Å². The zero-order valence-corrected chi connectivity index (χ0v) is 17.3. The van der Waals surface area contributed by atoms with Crippen LogP contribution in [0.5, 0.6) is 0 Å². The van der Waals surface area contributed by atoms with E-state index in [0.717, 1.165) is 34.9 Å². The highest BCUT2D eigenvalue weighted by Crippen LogP contribution is 2.38. The van der Waals surface area contributed by atoms with E-state index in [2.05, 4.69) is 33.5 Å². The summed E-state index contributed by atoms with van der Waals surface area (Å²) in [7, 11) is 0. The van der Waals surface area contributed by atoms with Crippen LogP contribution in [0, 0.1) is 0 Å². The van der Waals surface area contributed by atoms with Crippen LogP contribution in [0.4, 0.5) is 0 Å². The molecule has 0 saturated heterocycles. The topological polar surface area (TPSA) is 46.1 Å². The summed E-state index contributed by atoms with van der Waals surface area (Å²) >= 11 is 3.32. The van der Waals surface area contributed by atoms with Crippen LogP contribution in [0.25, 0.3) is 10.7 Å². The molecule has 4 heterocycles. The Morgan fingerprint density at radius 1 is 1.07 bits per heavy atom. The quantitative estimate of drug-likeness (QED) is 0.470. The summed E-state index contributed by atoms with van der Waals surface area (Å²) in [4.78, 5) is 25.7. The third-order valence-corrected chi connectivity index (χ3v) is 7.08. The Morgan fingerprint density at radius 3 is 2.76 bits per heavy atom. The third-order valence-electron chi connectivity index (χ3n) is 5.17. The van der Waals surface area contributed by atoms with Crippen molar-refractivity contribution < 1.29 is 4.79 Å². The largest absolute Gasteiger partial charge is 0.331 e. The lowest BCUT2D eigenvalue weighted by Gasteiger charge is -2.36. The zero-order valence-electron chi connectivity index (χ0n) is 15.7. The number of amides is 1. The molecule has 0 unspecified atom stereocenters. The lowest BCUT2D eigenvalue weighted by atomic mass is 9.93. The summed E-state index contributed by atoms with van der Waals surface area (Å²) in [5.74, 6) is 0.119. The summed E-state index contributed by atoms with van der Waals surface area (Å²) < 4.78 is 0. The lowest BCUT2D eigenvalue weighted by Crippen LogP contribution is -2.40. The molecule has 0 fully saturated rings. The van der Waals surface area contributed by atoms with Crippen LogP contribution in [-0.4, -0.2) is 27.3 Å². The van der Waals surface area contributed by atoms with Gasteiger partial charge in [0.2, 0.25) is 5.91 Å². The highest BCUT2D eigenvalue weighted by molar-refractivity contribution is 7.13. The van der Waals surface area contributed by atoms with Crippen molar-refractivity contribution in [3.8, 4) is 10.7 Å². The van der Waals surface area contributed by atoms with Gasteiger partial charge in [0.1, 0.15) is 5.01 Å². The summed E-state index contributed by atoms with van der Waals surface area (Å²) in [6, 6.07) is 18.2. The van der Waals surface area contributed by atoms with Crippen molar-refractivity contribution in [3.05, 3.63) is 93.3 Å². The van der Waals surface area contributed by atoms with Gasteiger partial charge in [-0.15, -0.1) is 22.7 Å². The summed E-state index contributed by atoms with van der Waals surface area (Å²) in [5, 5.41) is 4.96. The van der Waals surface area contributed by atoms with Gasteiger partial charge in [-0.1, -0.05) is 36.4 Å². The van der Waals surface area contributed by atoms with Crippen LogP contribution in [-0.2, 0) is 17.6 Å². The predicted molar refractivity (Wildman–Crippen MR) is 117 cm³/mol. The Hall–Kier alpha value is -2.83. The second-order valence-electron chi connectivity index (χ2n) is 6.99. The number of hydrogen-bond donors (Lipinski definition) is 0. The van der Waals surface area contributed by atoms with E-state index < -0.39 is 0 Å². The van der Waals surface area contributed by atoms with Gasteiger partial charge in [-0.2, -0.15) is 0 Å². The molecule has 4 aromatic rings. The lowest BCUT2D eigenvalue weighted by molar-refractivity contribution is -0.132. The molecule has 1 aliphatic rings. The van der Waals surface area contributed by atoms with E-state index in [1.165, 1.54) is 21.8 Å². The summed E-state index contributed by atoms with van der Waals surface area (Å²) in [5.41, 5.74) is 4.07. The zero-order chi connectivity index (χ0) is 19.6. The normalized spacial score (nSPS) is 15.9. The maximum Gasteiger partial charge on any atom is 0.229 e. The number of carbonyl (C=O) groups excluding carboxylic acids is 1. The SMILES string of the molecule is O=C(Cc1csc(-c2ccccn2)n1)N1CCc2sccc2[C@H]1c1ccccc1. The number of hydrogen-bond acceptors (Lipinski definition) is 5. The molecule has 29 heavy (non-hydrogen) atoms. The molecule has 4 nitrogen and oxygen atoms in total. The number of benzene rings is 1. The van der Waals surface area contributed by atoms with Crippen molar-refractivity contribution in [2.75, 3.05) is 6.54 Å². The maximum atomic E-state index is 13.3. The van der Waals surface area contributed by atoms with Crippen molar-refractivity contribution in [1.29, 1.82) is 0 Å². The first kappa shape index (κ1) is 18.2. The van der Waals surface area contributed by atoms with Gasteiger partial charge in [0.25, 0.3) is 0 Å². The van der Waals surface area contributed by atoms with Crippen molar-refractivity contribution in [2.24, 2.45) is 0 Å². The molecule has 1 aromatic carbocycles. The average Bonchev–Trinajstić information content (AvgIpc) is 3.43. The minimum Gasteiger partial charge on any atom is -0.331 e. The second kappa shape index (κ2) is 7.89. The van der Waals surface area contributed by atoms with Crippen molar-refractivity contribution in [1.82, 2.24) is 14.9 Å². The van der Waals surface area contributed by atoms with Gasteiger partial charge < -0.3 is 4.90 Å². The molecule has 0 aliphatic carbocycles. The Labute approximate surface area is 177 Å². The van der Waals surface area contributed by atoms with E-state index in [1.54, 1.807) is 17.5 Å². The Kier molecular flexibility index (Phi) is 4.96. The monoisotopic (exact) mass is 417 g/mol. The van der Waals surface area contributed by atoms with E-state index in [1.807, 2.05) is 46.7 Å². The van der Waals surface area contributed by atoms with Crippen molar-refractivity contribution >= 4 is 28.6 Å². The minimum atomic E-state index is -0.0207. The van der Waals surface area contributed by atoms with Crippen LogP contribution in [0.2, 0.25) is 0 Å². The molecule has 0 radical (unpaired) electrons. The fourth-order valence-corrected chi connectivity index (χ4v) is 5.53. The van der Waals surface area contributed by atoms with Crippen LogP contribution in [0.3, 0.4) is 0 Å². The first-order valence-corrected chi connectivity index (χ1v) is 11.3. The highest BCUT2D eigenvalue weighted by Gasteiger charge is 2.32. The molecule has 0 spiro atoms. The summed E-state index contributed by atoms with van der Waals surface area (Å²) in [6.45, 7) is 0.739. The number of fused-ring (bicyclic) bond motifs is 1. The van der Waals surface area contributed by atoms with Crippen LogP contribution in [0.1, 0.15) is 27.7 Å². The molecule has 0 saturated carbocycles. The number of aromatic nitrogens is 2. The molecule has 1 aliphatic heterocycles. The maximum absolute atomic E-state index is 13.3. The van der Waals surface area contributed by atoms with Gasteiger partial charge in [-0.25, -0.2) is 4.98 Å². The number of pyridine rings is 1. The molecule has 1 amide bonds. The fraction of sp³-hybridized carbons (Fsp3) is 0.174. The van der Waals surface area contributed by atoms with Gasteiger partial charge in [-0.3, -0.25) is 9.78 Å². The molecule has 1 atom stereocenters. The van der Waals surface area contributed by atoms with Crippen molar-refractivity contribution in [3.63, 3.8) is 0 Å². The predicted octanol–water partition coefficient (Wildman–Crippen LogP) is 4.98. The molecule has 0 bridgehead atoms. The molecule has 3 aromatic heterocycles. The number of thiazole rings is 1. The van der Waals surface area contributed by atoms with Crippen LogP contribution >= 0.6 is 22.7 Å². The van der Waals surface area contributed by atoms with E-state index in [0.29, 0.717) is 6.42 Å². The second-order valence-corrected chi connectivity index (χ2v) is 8.84. The van der Waals surface area contributed by atoms with E-state index in [9.17, 15) is 4.79 Å². The van der Waals surface area contributed by atoms with Gasteiger partial charge in [0.15, 0.2) is 0 Å². The van der Waals surface area contributed by atoms with Crippen LogP contribution < -0.4 is 0 Å². The van der Waals surface area contributed by atoms with E-state index >= 15 is 0 Å².